The number of aromatic nitrogens is 2. The normalized spacial score (nSPS) is 10.3. The van der Waals surface area contributed by atoms with Gasteiger partial charge in [-0.15, -0.1) is 0 Å². The molecular weight excluding hydrogens is 252 g/mol. The fraction of sp³-hybridized carbons (Fsp3) is 0.333. The first kappa shape index (κ1) is 14.3. The number of nitrogens with one attached hydrogen (secondary N) is 2. The van der Waals surface area contributed by atoms with Crippen molar-refractivity contribution in [1.82, 2.24) is 9.97 Å². The SMILES string of the molecule is CCOCc1nc(NC)cc(NCc2ccccc2)n1. The Morgan fingerprint density at radius 1 is 1.10 bits per heavy atom. The fourth-order valence-corrected chi connectivity index (χ4v) is 1.76. The maximum absolute atomic E-state index is 5.36. The third kappa shape index (κ3) is 4.20. The molecule has 0 unspecified atom stereocenters. The van der Waals surface area contributed by atoms with E-state index in [1.165, 1.54) is 5.56 Å². The highest BCUT2D eigenvalue weighted by Gasteiger charge is 2.04. The molecule has 0 spiro atoms. The van der Waals surface area contributed by atoms with Gasteiger partial charge in [0, 0.05) is 26.3 Å². The van der Waals surface area contributed by atoms with Gasteiger partial charge in [-0.3, -0.25) is 0 Å². The topological polar surface area (TPSA) is 59.1 Å². The van der Waals surface area contributed by atoms with E-state index in [-0.39, 0.29) is 0 Å². The maximum Gasteiger partial charge on any atom is 0.158 e. The predicted molar refractivity (Wildman–Crippen MR) is 80.7 cm³/mol. The van der Waals surface area contributed by atoms with Gasteiger partial charge in [0.2, 0.25) is 0 Å². The Morgan fingerprint density at radius 3 is 2.55 bits per heavy atom. The Labute approximate surface area is 119 Å². The van der Waals surface area contributed by atoms with Crippen LogP contribution in [0.3, 0.4) is 0 Å². The van der Waals surface area contributed by atoms with E-state index < -0.39 is 0 Å². The summed E-state index contributed by atoms with van der Waals surface area (Å²) in [6.45, 7) is 3.76. The molecule has 0 amide bonds. The van der Waals surface area contributed by atoms with Crippen LogP contribution in [-0.2, 0) is 17.9 Å². The van der Waals surface area contributed by atoms with Crippen LogP contribution in [0, 0.1) is 0 Å². The molecule has 2 aromatic rings. The number of hydrogen-bond acceptors (Lipinski definition) is 5. The molecule has 106 valence electrons. The zero-order valence-corrected chi connectivity index (χ0v) is 11.9. The van der Waals surface area contributed by atoms with Crippen molar-refractivity contribution >= 4 is 11.6 Å². The lowest BCUT2D eigenvalue weighted by Crippen LogP contribution is -2.07. The zero-order chi connectivity index (χ0) is 14.2. The van der Waals surface area contributed by atoms with E-state index in [4.69, 9.17) is 4.74 Å². The Balaban J connectivity index is 2.06. The second kappa shape index (κ2) is 7.45. The Bertz CT molecular complexity index is 531. The van der Waals surface area contributed by atoms with E-state index >= 15 is 0 Å². The smallest absolute Gasteiger partial charge is 0.158 e. The van der Waals surface area contributed by atoms with Crippen LogP contribution in [0.5, 0.6) is 0 Å². The van der Waals surface area contributed by atoms with Crippen molar-refractivity contribution in [3.8, 4) is 0 Å². The van der Waals surface area contributed by atoms with Crippen LogP contribution in [0.15, 0.2) is 36.4 Å². The molecule has 20 heavy (non-hydrogen) atoms. The van der Waals surface area contributed by atoms with Gasteiger partial charge in [-0.1, -0.05) is 30.3 Å². The van der Waals surface area contributed by atoms with Gasteiger partial charge in [0.15, 0.2) is 5.82 Å². The first-order valence-corrected chi connectivity index (χ1v) is 6.73. The summed E-state index contributed by atoms with van der Waals surface area (Å²) in [7, 11) is 1.84. The van der Waals surface area contributed by atoms with Gasteiger partial charge < -0.3 is 15.4 Å². The summed E-state index contributed by atoms with van der Waals surface area (Å²) in [6, 6.07) is 12.1. The maximum atomic E-state index is 5.36. The summed E-state index contributed by atoms with van der Waals surface area (Å²) in [4.78, 5) is 8.80. The summed E-state index contributed by atoms with van der Waals surface area (Å²) in [6.07, 6.45) is 0. The molecule has 0 bridgehead atoms. The monoisotopic (exact) mass is 272 g/mol. The van der Waals surface area contributed by atoms with E-state index in [1.54, 1.807) is 0 Å². The molecule has 0 radical (unpaired) electrons. The van der Waals surface area contributed by atoms with Gasteiger partial charge in [-0.05, 0) is 12.5 Å². The van der Waals surface area contributed by atoms with Crippen molar-refractivity contribution in [3.63, 3.8) is 0 Å². The third-order valence-electron chi connectivity index (χ3n) is 2.78. The lowest BCUT2D eigenvalue weighted by Gasteiger charge is -2.10. The Kier molecular flexibility index (Phi) is 5.32. The first-order valence-electron chi connectivity index (χ1n) is 6.73. The molecule has 0 aliphatic heterocycles. The number of ether oxygens (including phenoxy) is 1. The molecule has 1 aromatic carbocycles. The number of benzene rings is 1. The van der Waals surface area contributed by atoms with E-state index in [0.29, 0.717) is 19.0 Å². The molecule has 0 fully saturated rings. The summed E-state index contributed by atoms with van der Waals surface area (Å²) in [5.74, 6) is 2.25. The van der Waals surface area contributed by atoms with Crippen molar-refractivity contribution in [2.45, 2.75) is 20.1 Å². The molecule has 2 rings (SSSR count). The summed E-state index contributed by atoms with van der Waals surface area (Å²) < 4.78 is 5.36. The van der Waals surface area contributed by atoms with Gasteiger partial charge in [0.05, 0.1) is 0 Å². The quantitative estimate of drug-likeness (QED) is 0.811. The molecule has 2 N–H and O–H groups in total. The largest absolute Gasteiger partial charge is 0.374 e. The highest BCUT2D eigenvalue weighted by Crippen LogP contribution is 2.13. The zero-order valence-electron chi connectivity index (χ0n) is 11.9. The van der Waals surface area contributed by atoms with Crippen LogP contribution >= 0.6 is 0 Å². The molecule has 0 saturated carbocycles. The number of hydrogen-bond donors (Lipinski definition) is 2. The van der Waals surface area contributed by atoms with Gasteiger partial charge in [-0.2, -0.15) is 0 Å². The van der Waals surface area contributed by atoms with Crippen LogP contribution in [0.1, 0.15) is 18.3 Å². The average molecular weight is 272 g/mol. The molecule has 5 nitrogen and oxygen atoms in total. The van der Waals surface area contributed by atoms with E-state index in [1.807, 2.05) is 38.2 Å². The van der Waals surface area contributed by atoms with Crippen LogP contribution in [0.25, 0.3) is 0 Å². The van der Waals surface area contributed by atoms with Crippen molar-refractivity contribution in [3.05, 3.63) is 47.8 Å². The number of nitrogens with zero attached hydrogens (tertiary/aromatic N) is 2. The van der Waals surface area contributed by atoms with Gasteiger partial charge in [0.25, 0.3) is 0 Å². The van der Waals surface area contributed by atoms with E-state index in [0.717, 1.165) is 18.2 Å². The third-order valence-corrected chi connectivity index (χ3v) is 2.78. The van der Waals surface area contributed by atoms with E-state index in [9.17, 15) is 0 Å². The highest BCUT2D eigenvalue weighted by molar-refractivity contribution is 5.47. The molecule has 0 aliphatic rings. The summed E-state index contributed by atoms with van der Waals surface area (Å²) in [5.41, 5.74) is 1.21. The molecule has 0 atom stereocenters. The van der Waals surface area contributed by atoms with Gasteiger partial charge >= 0.3 is 0 Å². The molecule has 1 heterocycles. The minimum atomic E-state index is 0.423. The van der Waals surface area contributed by atoms with Crippen molar-refractivity contribution < 1.29 is 4.74 Å². The van der Waals surface area contributed by atoms with Crippen LogP contribution in [-0.4, -0.2) is 23.6 Å². The molecule has 0 aliphatic carbocycles. The molecule has 0 saturated heterocycles. The highest BCUT2D eigenvalue weighted by atomic mass is 16.5. The predicted octanol–water partition coefficient (Wildman–Crippen LogP) is 2.67. The fourth-order valence-electron chi connectivity index (χ4n) is 1.76. The first-order chi connectivity index (χ1) is 9.81. The minimum Gasteiger partial charge on any atom is -0.374 e. The molecule has 5 heteroatoms. The standard InChI is InChI=1S/C15H20N4O/c1-3-20-11-15-18-13(16-2)9-14(19-15)17-10-12-7-5-4-6-8-12/h4-9H,3,10-11H2,1-2H3,(H2,16,17,18,19). The lowest BCUT2D eigenvalue weighted by atomic mass is 10.2. The van der Waals surface area contributed by atoms with Crippen LogP contribution in [0.2, 0.25) is 0 Å². The van der Waals surface area contributed by atoms with Crippen molar-refractivity contribution in [2.75, 3.05) is 24.3 Å². The Morgan fingerprint density at radius 2 is 1.85 bits per heavy atom. The second-order valence-electron chi connectivity index (χ2n) is 4.28. The number of rotatable bonds is 7. The second-order valence-corrected chi connectivity index (χ2v) is 4.28. The van der Waals surface area contributed by atoms with Gasteiger partial charge in [0.1, 0.15) is 18.2 Å². The Hall–Kier alpha value is -2.14. The lowest BCUT2D eigenvalue weighted by molar-refractivity contribution is 0.128. The van der Waals surface area contributed by atoms with Crippen molar-refractivity contribution in [2.24, 2.45) is 0 Å². The van der Waals surface area contributed by atoms with Gasteiger partial charge in [-0.25, -0.2) is 9.97 Å². The molecular formula is C15H20N4O. The molecule has 1 aromatic heterocycles. The van der Waals surface area contributed by atoms with Crippen molar-refractivity contribution in [1.29, 1.82) is 0 Å². The average Bonchev–Trinajstić information content (AvgIpc) is 2.51. The minimum absolute atomic E-state index is 0.423. The van der Waals surface area contributed by atoms with E-state index in [2.05, 4.69) is 32.7 Å². The summed E-state index contributed by atoms with van der Waals surface area (Å²) >= 11 is 0. The number of anilines is 2. The van der Waals surface area contributed by atoms with Crippen LogP contribution < -0.4 is 10.6 Å². The van der Waals surface area contributed by atoms with Crippen LogP contribution in [0.4, 0.5) is 11.6 Å². The summed E-state index contributed by atoms with van der Waals surface area (Å²) in [5, 5.41) is 6.34.